The van der Waals surface area contributed by atoms with Crippen LogP contribution in [0.3, 0.4) is 0 Å². The normalized spacial score (nSPS) is 11.2. The second-order valence-corrected chi connectivity index (χ2v) is 4.06. The van der Waals surface area contributed by atoms with Crippen molar-refractivity contribution in [1.29, 1.82) is 0 Å². The molecule has 3 nitrogen and oxygen atoms in total. The largest absolute Gasteiger partial charge is 0.406 e. The summed E-state index contributed by atoms with van der Waals surface area (Å²) >= 11 is 0. The molecule has 0 saturated carbocycles. The van der Waals surface area contributed by atoms with E-state index in [2.05, 4.69) is 5.32 Å². The first-order valence-corrected chi connectivity index (χ1v) is 5.35. The zero-order valence-corrected chi connectivity index (χ0v) is 10.4. The number of hydrogen-bond acceptors (Lipinski definition) is 2. The number of hydrogen-bond donors (Lipinski definition) is 1. The van der Waals surface area contributed by atoms with Gasteiger partial charge in [-0.1, -0.05) is 0 Å². The average molecular weight is 260 g/mol. The van der Waals surface area contributed by atoms with Gasteiger partial charge in [-0.3, -0.25) is 4.79 Å². The minimum atomic E-state index is -4.39. The highest BCUT2D eigenvalue weighted by Gasteiger charge is 2.31. The Balaban J connectivity index is 2.90. The second-order valence-electron chi connectivity index (χ2n) is 4.06. The van der Waals surface area contributed by atoms with Crippen LogP contribution in [0, 0.1) is 6.92 Å². The van der Waals surface area contributed by atoms with E-state index in [4.69, 9.17) is 0 Å². The Hall–Kier alpha value is -1.72. The van der Waals surface area contributed by atoms with Gasteiger partial charge in [0.2, 0.25) is 0 Å². The molecule has 0 heterocycles. The first-order valence-electron chi connectivity index (χ1n) is 5.35. The Bertz CT molecular complexity index is 443. The molecular formula is C12H15F3N2O. The molecule has 0 saturated heterocycles. The van der Waals surface area contributed by atoms with E-state index in [1.165, 1.54) is 6.07 Å². The lowest BCUT2D eigenvalue weighted by atomic mass is 10.1. The number of amides is 1. The zero-order chi connectivity index (χ0) is 13.9. The second kappa shape index (κ2) is 5.29. The molecule has 0 fully saturated rings. The summed E-state index contributed by atoms with van der Waals surface area (Å²) in [4.78, 5) is 12.5. The maximum Gasteiger partial charge on any atom is 0.406 e. The molecule has 0 spiro atoms. The van der Waals surface area contributed by atoms with Gasteiger partial charge in [-0.2, -0.15) is 13.2 Å². The van der Waals surface area contributed by atoms with Gasteiger partial charge in [0.1, 0.15) is 6.54 Å². The SMILES string of the molecule is CNc1ccc(C(=O)N(C)CC(F)(F)F)c(C)c1. The van der Waals surface area contributed by atoms with E-state index in [1.54, 1.807) is 26.1 Å². The summed E-state index contributed by atoms with van der Waals surface area (Å²) in [5, 5.41) is 2.90. The zero-order valence-electron chi connectivity index (χ0n) is 10.4. The van der Waals surface area contributed by atoms with E-state index in [-0.39, 0.29) is 5.56 Å². The maximum absolute atomic E-state index is 12.2. The number of anilines is 1. The van der Waals surface area contributed by atoms with Crippen LogP contribution in [-0.4, -0.2) is 37.6 Å². The van der Waals surface area contributed by atoms with Gasteiger partial charge < -0.3 is 10.2 Å². The lowest BCUT2D eigenvalue weighted by Gasteiger charge is -2.20. The molecule has 6 heteroatoms. The molecule has 18 heavy (non-hydrogen) atoms. The molecule has 0 aliphatic rings. The van der Waals surface area contributed by atoms with Crippen LogP contribution in [0.1, 0.15) is 15.9 Å². The fourth-order valence-corrected chi connectivity index (χ4v) is 1.61. The van der Waals surface area contributed by atoms with Crippen molar-refractivity contribution in [1.82, 2.24) is 4.90 Å². The predicted octanol–water partition coefficient (Wildman–Crippen LogP) is 2.67. The van der Waals surface area contributed by atoms with Gasteiger partial charge in [-0.25, -0.2) is 0 Å². The van der Waals surface area contributed by atoms with Crippen molar-refractivity contribution in [2.24, 2.45) is 0 Å². The minimum absolute atomic E-state index is 0.278. The van der Waals surface area contributed by atoms with Gasteiger partial charge in [0.25, 0.3) is 5.91 Å². The summed E-state index contributed by atoms with van der Waals surface area (Å²) in [7, 11) is 2.87. The summed E-state index contributed by atoms with van der Waals surface area (Å²) in [6.45, 7) is 0.439. The topological polar surface area (TPSA) is 32.3 Å². The number of carbonyl (C=O) groups excluding carboxylic acids is 1. The van der Waals surface area contributed by atoms with Crippen LogP contribution in [0.5, 0.6) is 0 Å². The molecule has 0 aliphatic carbocycles. The molecular weight excluding hydrogens is 245 g/mol. The Morgan fingerprint density at radius 2 is 2.00 bits per heavy atom. The summed E-state index contributed by atoms with van der Waals surface area (Å²) in [6, 6.07) is 4.90. The Kier molecular flexibility index (Phi) is 4.21. The third-order valence-corrected chi connectivity index (χ3v) is 2.51. The summed E-state index contributed by atoms with van der Waals surface area (Å²) in [6.07, 6.45) is -4.39. The van der Waals surface area contributed by atoms with Crippen molar-refractivity contribution < 1.29 is 18.0 Å². The standard InChI is InChI=1S/C12H15F3N2O/c1-8-6-9(16-2)4-5-10(8)11(18)17(3)7-12(13,14)15/h4-6,16H,7H2,1-3H3. The van der Waals surface area contributed by atoms with Crippen LogP contribution in [0.2, 0.25) is 0 Å². The molecule has 0 radical (unpaired) electrons. The number of carbonyl (C=O) groups is 1. The highest BCUT2D eigenvalue weighted by Crippen LogP contribution is 2.19. The maximum atomic E-state index is 12.2. The monoisotopic (exact) mass is 260 g/mol. The summed E-state index contributed by atoms with van der Waals surface area (Å²) in [5.74, 6) is -0.632. The molecule has 0 bridgehead atoms. The van der Waals surface area contributed by atoms with E-state index < -0.39 is 18.6 Å². The van der Waals surface area contributed by atoms with Crippen molar-refractivity contribution in [3.05, 3.63) is 29.3 Å². The van der Waals surface area contributed by atoms with Gasteiger partial charge in [0.05, 0.1) is 0 Å². The average Bonchev–Trinajstić information content (AvgIpc) is 2.25. The first kappa shape index (κ1) is 14.3. The number of nitrogens with one attached hydrogen (secondary N) is 1. The number of alkyl halides is 3. The Morgan fingerprint density at radius 3 is 2.44 bits per heavy atom. The number of benzene rings is 1. The van der Waals surface area contributed by atoms with Crippen LogP contribution in [0.15, 0.2) is 18.2 Å². The summed E-state index contributed by atoms with van der Waals surface area (Å²) in [5.41, 5.74) is 1.73. The van der Waals surface area contributed by atoms with E-state index >= 15 is 0 Å². The third kappa shape index (κ3) is 3.65. The molecule has 0 atom stereocenters. The molecule has 1 aromatic carbocycles. The van der Waals surface area contributed by atoms with Crippen molar-refractivity contribution in [3.8, 4) is 0 Å². The minimum Gasteiger partial charge on any atom is -0.388 e. The van der Waals surface area contributed by atoms with Gasteiger partial charge in [-0.05, 0) is 30.7 Å². The summed E-state index contributed by atoms with van der Waals surface area (Å²) < 4.78 is 36.6. The molecule has 0 unspecified atom stereocenters. The predicted molar refractivity (Wildman–Crippen MR) is 63.7 cm³/mol. The van der Waals surface area contributed by atoms with Crippen LogP contribution in [-0.2, 0) is 0 Å². The van der Waals surface area contributed by atoms with Crippen LogP contribution in [0.25, 0.3) is 0 Å². The van der Waals surface area contributed by atoms with Gasteiger partial charge in [0, 0.05) is 25.3 Å². The quantitative estimate of drug-likeness (QED) is 0.906. The fraction of sp³-hybridized carbons (Fsp3) is 0.417. The van der Waals surface area contributed by atoms with Crippen LogP contribution >= 0.6 is 0 Å². The number of nitrogens with zero attached hydrogens (tertiary/aromatic N) is 1. The third-order valence-electron chi connectivity index (χ3n) is 2.51. The van der Waals surface area contributed by atoms with Crippen LogP contribution in [0.4, 0.5) is 18.9 Å². The first-order chi connectivity index (χ1) is 8.24. The van der Waals surface area contributed by atoms with E-state index in [9.17, 15) is 18.0 Å². The van der Waals surface area contributed by atoms with Crippen molar-refractivity contribution in [2.75, 3.05) is 26.0 Å². The lowest BCUT2D eigenvalue weighted by Crippen LogP contribution is -2.36. The number of rotatable bonds is 3. The van der Waals surface area contributed by atoms with E-state index in [0.29, 0.717) is 10.5 Å². The molecule has 1 aromatic rings. The Labute approximate surface area is 104 Å². The van der Waals surface area contributed by atoms with E-state index in [0.717, 1.165) is 12.7 Å². The molecule has 1 amide bonds. The molecule has 1 N–H and O–H groups in total. The van der Waals surface area contributed by atoms with Crippen LogP contribution < -0.4 is 5.32 Å². The number of aryl methyl sites for hydroxylation is 1. The van der Waals surface area contributed by atoms with Crippen molar-refractivity contribution >= 4 is 11.6 Å². The number of halogens is 3. The highest BCUT2D eigenvalue weighted by atomic mass is 19.4. The lowest BCUT2D eigenvalue weighted by molar-refractivity contribution is -0.138. The highest BCUT2D eigenvalue weighted by molar-refractivity contribution is 5.96. The smallest absolute Gasteiger partial charge is 0.388 e. The molecule has 0 aromatic heterocycles. The molecule has 100 valence electrons. The molecule has 1 rings (SSSR count). The molecule has 0 aliphatic heterocycles. The van der Waals surface area contributed by atoms with Gasteiger partial charge >= 0.3 is 6.18 Å². The Morgan fingerprint density at radius 1 is 1.39 bits per heavy atom. The van der Waals surface area contributed by atoms with Gasteiger partial charge in [-0.15, -0.1) is 0 Å². The fourth-order valence-electron chi connectivity index (χ4n) is 1.61. The van der Waals surface area contributed by atoms with E-state index in [1.807, 2.05) is 0 Å². The van der Waals surface area contributed by atoms with Gasteiger partial charge in [0.15, 0.2) is 0 Å². The van der Waals surface area contributed by atoms with Crippen molar-refractivity contribution in [2.45, 2.75) is 13.1 Å². The van der Waals surface area contributed by atoms with Crippen molar-refractivity contribution in [3.63, 3.8) is 0 Å².